The van der Waals surface area contributed by atoms with Gasteiger partial charge in [-0.3, -0.25) is 4.98 Å². The maximum absolute atomic E-state index is 12.5. The third kappa shape index (κ3) is 4.13. The molecule has 0 saturated carbocycles. The summed E-state index contributed by atoms with van der Waals surface area (Å²) in [4.78, 5) is 4.71. The molecule has 0 radical (unpaired) electrons. The van der Waals surface area contributed by atoms with Gasteiger partial charge in [-0.05, 0) is 49.2 Å². The molecule has 0 aliphatic rings. The van der Waals surface area contributed by atoms with E-state index >= 15 is 0 Å². The third-order valence-electron chi connectivity index (χ3n) is 3.94. The topological polar surface area (TPSA) is 59.1 Å². The van der Waals surface area contributed by atoms with Gasteiger partial charge < -0.3 is 0 Å². The maximum Gasteiger partial charge on any atom is 0.240 e. The first-order chi connectivity index (χ1) is 12.0. The minimum atomic E-state index is -3.57. The van der Waals surface area contributed by atoms with Crippen molar-refractivity contribution in [1.29, 1.82) is 0 Å². The Morgan fingerprint density at radius 1 is 0.920 bits per heavy atom. The van der Waals surface area contributed by atoms with Crippen molar-refractivity contribution in [2.24, 2.45) is 0 Å². The van der Waals surface area contributed by atoms with Crippen molar-refractivity contribution in [2.45, 2.75) is 25.3 Å². The van der Waals surface area contributed by atoms with Crippen LogP contribution in [-0.4, -0.2) is 13.4 Å². The predicted octanol–water partition coefficient (Wildman–Crippen LogP) is 3.84. The van der Waals surface area contributed by atoms with Gasteiger partial charge in [-0.2, -0.15) is 0 Å². The molecule has 5 heteroatoms. The molecule has 1 aromatic heterocycles. The molecule has 0 aliphatic heterocycles. The fourth-order valence-electron chi connectivity index (χ4n) is 2.67. The van der Waals surface area contributed by atoms with Crippen molar-refractivity contribution in [2.75, 3.05) is 0 Å². The summed E-state index contributed by atoms with van der Waals surface area (Å²) in [6, 6.07) is 18.6. The zero-order chi connectivity index (χ0) is 17.9. The van der Waals surface area contributed by atoms with Crippen LogP contribution in [0.15, 0.2) is 71.8 Å². The van der Waals surface area contributed by atoms with E-state index in [1.807, 2.05) is 56.3 Å². The fourth-order valence-corrected chi connectivity index (χ4v) is 3.78. The highest BCUT2D eigenvalue weighted by molar-refractivity contribution is 7.89. The molecule has 4 nitrogen and oxygen atoms in total. The van der Waals surface area contributed by atoms with Gasteiger partial charge in [-0.25, -0.2) is 13.1 Å². The first-order valence-corrected chi connectivity index (χ1v) is 9.51. The van der Waals surface area contributed by atoms with Gasteiger partial charge in [0.1, 0.15) is 0 Å². The first-order valence-electron chi connectivity index (χ1n) is 8.03. The molecule has 1 heterocycles. The molecule has 0 fully saturated rings. The summed E-state index contributed by atoms with van der Waals surface area (Å²) in [6.45, 7) is 4.08. The molecule has 25 heavy (non-hydrogen) atoms. The molecule has 0 aliphatic carbocycles. The van der Waals surface area contributed by atoms with Gasteiger partial charge >= 0.3 is 0 Å². The summed E-state index contributed by atoms with van der Waals surface area (Å²) in [7, 11) is -3.57. The van der Waals surface area contributed by atoms with Crippen molar-refractivity contribution >= 4 is 10.0 Å². The van der Waals surface area contributed by atoms with E-state index in [1.165, 1.54) is 0 Å². The molecular formula is C20H20N2O2S. The summed E-state index contributed by atoms with van der Waals surface area (Å²) in [5, 5.41) is 0. The van der Waals surface area contributed by atoms with Gasteiger partial charge in [0.05, 0.1) is 10.6 Å². The Bertz CT molecular complexity index is 998. The predicted molar refractivity (Wildman–Crippen MR) is 99.6 cm³/mol. The minimum Gasteiger partial charge on any atom is -0.256 e. The Morgan fingerprint density at radius 3 is 2.36 bits per heavy atom. The van der Waals surface area contributed by atoms with E-state index in [2.05, 4.69) is 9.71 Å². The summed E-state index contributed by atoms with van der Waals surface area (Å²) >= 11 is 0. The minimum absolute atomic E-state index is 0.188. The normalized spacial score (nSPS) is 11.4. The second kappa shape index (κ2) is 7.17. The van der Waals surface area contributed by atoms with Crippen LogP contribution in [-0.2, 0) is 16.6 Å². The molecule has 3 aromatic rings. The van der Waals surface area contributed by atoms with Crippen LogP contribution in [0.3, 0.4) is 0 Å². The van der Waals surface area contributed by atoms with Gasteiger partial charge in [0.15, 0.2) is 0 Å². The molecular weight excluding hydrogens is 332 g/mol. The van der Waals surface area contributed by atoms with E-state index in [0.29, 0.717) is 0 Å². The molecule has 0 saturated heterocycles. The Hall–Kier alpha value is -2.50. The lowest BCUT2D eigenvalue weighted by Crippen LogP contribution is -2.23. The van der Waals surface area contributed by atoms with Gasteiger partial charge in [0.2, 0.25) is 10.0 Å². The molecule has 0 atom stereocenters. The number of hydrogen-bond acceptors (Lipinski definition) is 3. The number of aryl methyl sites for hydroxylation is 2. The molecule has 1 N–H and O–H groups in total. The molecule has 3 rings (SSSR count). The standard InChI is InChI=1S/C20H20N2O2S/c1-15-6-3-8-17(12-15)20-18(9-5-11-21-20)14-22-25(23,24)19-10-4-7-16(2)13-19/h3-13,22H,14H2,1-2H3. The van der Waals surface area contributed by atoms with E-state index in [9.17, 15) is 8.42 Å². The Balaban J connectivity index is 1.87. The van der Waals surface area contributed by atoms with Crippen LogP contribution < -0.4 is 4.72 Å². The number of rotatable bonds is 5. The molecule has 128 valence electrons. The maximum atomic E-state index is 12.5. The number of hydrogen-bond donors (Lipinski definition) is 1. The van der Waals surface area contributed by atoms with Crippen LogP contribution in [0, 0.1) is 13.8 Å². The number of benzene rings is 2. The van der Waals surface area contributed by atoms with Crippen molar-refractivity contribution < 1.29 is 8.42 Å². The van der Waals surface area contributed by atoms with Crippen LogP contribution >= 0.6 is 0 Å². The van der Waals surface area contributed by atoms with E-state index in [0.717, 1.165) is 27.9 Å². The highest BCUT2D eigenvalue weighted by Crippen LogP contribution is 2.22. The average molecular weight is 352 g/mol. The summed E-state index contributed by atoms with van der Waals surface area (Å²) in [5.41, 5.74) is 4.65. The van der Waals surface area contributed by atoms with E-state index in [4.69, 9.17) is 0 Å². The third-order valence-corrected chi connectivity index (χ3v) is 5.33. The zero-order valence-electron chi connectivity index (χ0n) is 14.2. The zero-order valence-corrected chi connectivity index (χ0v) is 15.0. The smallest absolute Gasteiger partial charge is 0.240 e. The van der Waals surface area contributed by atoms with E-state index in [-0.39, 0.29) is 11.4 Å². The molecule has 0 amide bonds. The molecule has 0 unspecified atom stereocenters. The summed E-state index contributed by atoms with van der Waals surface area (Å²) in [5.74, 6) is 0. The first kappa shape index (κ1) is 17.3. The SMILES string of the molecule is Cc1cccc(-c2ncccc2CNS(=O)(=O)c2cccc(C)c2)c1. The second-order valence-electron chi connectivity index (χ2n) is 6.02. The van der Waals surface area contributed by atoms with Gasteiger partial charge in [-0.1, -0.05) is 42.0 Å². The van der Waals surface area contributed by atoms with Gasteiger partial charge in [0.25, 0.3) is 0 Å². The Labute approximate surface area is 148 Å². The molecule has 2 aromatic carbocycles. The number of nitrogens with one attached hydrogen (secondary N) is 1. The van der Waals surface area contributed by atoms with Crippen molar-refractivity contribution in [3.05, 3.63) is 83.6 Å². The van der Waals surface area contributed by atoms with Crippen LogP contribution in [0.4, 0.5) is 0 Å². The Morgan fingerprint density at radius 2 is 1.64 bits per heavy atom. The Kier molecular flexibility index (Phi) is 4.97. The van der Waals surface area contributed by atoms with E-state index in [1.54, 1.807) is 24.4 Å². The highest BCUT2D eigenvalue weighted by atomic mass is 32.2. The van der Waals surface area contributed by atoms with Gasteiger partial charge in [-0.15, -0.1) is 0 Å². The van der Waals surface area contributed by atoms with Crippen LogP contribution in [0.5, 0.6) is 0 Å². The number of pyridine rings is 1. The number of aromatic nitrogens is 1. The number of sulfonamides is 1. The van der Waals surface area contributed by atoms with Gasteiger partial charge in [0, 0.05) is 18.3 Å². The average Bonchev–Trinajstić information content (AvgIpc) is 2.60. The lowest BCUT2D eigenvalue weighted by Gasteiger charge is -2.11. The van der Waals surface area contributed by atoms with Crippen LogP contribution in [0.1, 0.15) is 16.7 Å². The lowest BCUT2D eigenvalue weighted by atomic mass is 10.0. The molecule has 0 spiro atoms. The van der Waals surface area contributed by atoms with Crippen molar-refractivity contribution in [3.8, 4) is 11.3 Å². The van der Waals surface area contributed by atoms with Crippen molar-refractivity contribution in [1.82, 2.24) is 9.71 Å². The van der Waals surface area contributed by atoms with Crippen LogP contribution in [0.2, 0.25) is 0 Å². The van der Waals surface area contributed by atoms with Crippen LogP contribution in [0.25, 0.3) is 11.3 Å². The monoisotopic (exact) mass is 352 g/mol. The fraction of sp³-hybridized carbons (Fsp3) is 0.150. The molecule has 0 bridgehead atoms. The van der Waals surface area contributed by atoms with Crippen molar-refractivity contribution in [3.63, 3.8) is 0 Å². The number of nitrogens with zero attached hydrogens (tertiary/aromatic N) is 1. The van der Waals surface area contributed by atoms with E-state index < -0.39 is 10.0 Å². The lowest BCUT2D eigenvalue weighted by molar-refractivity contribution is 0.581. The summed E-state index contributed by atoms with van der Waals surface area (Å²) in [6.07, 6.45) is 1.72. The summed E-state index contributed by atoms with van der Waals surface area (Å²) < 4.78 is 27.7. The highest BCUT2D eigenvalue weighted by Gasteiger charge is 2.15. The quantitative estimate of drug-likeness (QED) is 0.759. The largest absolute Gasteiger partial charge is 0.256 e. The second-order valence-corrected chi connectivity index (χ2v) is 7.79.